The lowest BCUT2D eigenvalue weighted by molar-refractivity contribution is 0.1000. The molecule has 3 N–H and O–H groups in total. The molecular formula is C7H10N2O2S. The lowest BCUT2D eigenvalue weighted by atomic mass is 10.3. The maximum Gasteiger partial charge on any atom is 0.277 e. The normalized spacial score (nSPS) is 10.2. The van der Waals surface area contributed by atoms with Crippen LogP contribution in [0.2, 0.25) is 0 Å². The molecule has 66 valence electrons. The number of aliphatic hydroxyl groups is 1. The van der Waals surface area contributed by atoms with Gasteiger partial charge in [-0.25, -0.2) is 4.98 Å². The first-order valence-electron chi connectivity index (χ1n) is 3.52. The fraction of sp³-hybridized carbons (Fsp3) is 0.429. The number of nitrogens with two attached hydrogens (primary N) is 1. The van der Waals surface area contributed by atoms with Crippen LogP contribution in [0.25, 0.3) is 0 Å². The minimum Gasteiger partial charge on any atom is -0.396 e. The first-order chi connectivity index (χ1) is 5.65. The number of aliphatic hydroxyl groups excluding tert-OH is 1. The lowest BCUT2D eigenvalue weighted by Crippen LogP contribution is -2.10. The van der Waals surface area contributed by atoms with Crippen LogP contribution in [-0.4, -0.2) is 22.6 Å². The number of amides is 1. The Hall–Kier alpha value is -0.940. The Morgan fingerprint density at radius 2 is 2.42 bits per heavy atom. The molecule has 0 saturated heterocycles. The second kappa shape index (κ2) is 3.64. The van der Waals surface area contributed by atoms with Crippen molar-refractivity contribution in [2.45, 2.75) is 13.3 Å². The van der Waals surface area contributed by atoms with E-state index in [4.69, 9.17) is 10.8 Å². The number of aromatic nitrogens is 1. The predicted octanol–water partition coefficient (Wildman–Crippen LogP) is 0.0852. The number of primary amides is 1. The summed E-state index contributed by atoms with van der Waals surface area (Å²) in [4.78, 5) is 15.6. The number of hydrogen-bond acceptors (Lipinski definition) is 4. The zero-order chi connectivity index (χ0) is 9.14. The van der Waals surface area contributed by atoms with E-state index in [0.717, 1.165) is 10.6 Å². The second-order valence-electron chi connectivity index (χ2n) is 2.37. The molecule has 0 atom stereocenters. The quantitative estimate of drug-likeness (QED) is 0.702. The van der Waals surface area contributed by atoms with Crippen molar-refractivity contribution in [3.05, 3.63) is 15.6 Å². The summed E-state index contributed by atoms with van der Waals surface area (Å²) >= 11 is 1.25. The van der Waals surface area contributed by atoms with E-state index in [0.29, 0.717) is 11.4 Å². The van der Waals surface area contributed by atoms with Gasteiger partial charge in [0.2, 0.25) is 0 Å². The van der Waals surface area contributed by atoms with Gasteiger partial charge in [-0.1, -0.05) is 0 Å². The van der Waals surface area contributed by atoms with Crippen LogP contribution in [0.4, 0.5) is 0 Å². The van der Waals surface area contributed by atoms with Crippen LogP contribution >= 0.6 is 11.3 Å². The average Bonchev–Trinajstić information content (AvgIpc) is 2.34. The standard InChI is InChI=1S/C7H10N2O2S/c1-4-5(2-3-10)12-7(9-4)6(8)11/h10H,2-3H2,1H3,(H2,8,11). The van der Waals surface area contributed by atoms with Crippen LogP contribution in [0.15, 0.2) is 0 Å². The maximum atomic E-state index is 10.7. The van der Waals surface area contributed by atoms with Crippen molar-refractivity contribution in [3.63, 3.8) is 0 Å². The highest BCUT2D eigenvalue weighted by molar-refractivity contribution is 7.13. The van der Waals surface area contributed by atoms with Gasteiger partial charge in [0, 0.05) is 17.9 Å². The lowest BCUT2D eigenvalue weighted by Gasteiger charge is -1.90. The van der Waals surface area contributed by atoms with E-state index < -0.39 is 5.91 Å². The summed E-state index contributed by atoms with van der Waals surface area (Å²) in [7, 11) is 0. The van der Waals surface area contributed by atoms with Gasteiger partial charge in [0.1, 0.15) is 0 Å². The molecule has 1 heterocycles. The van der Waals surface area contributed by atoms with E-state index in [1.807, 2.05) is 0 Å². The fourth-order valence-corrected chi connectivity index (χ4v) is 1.77. The topological polar surface area (TPSA) is 76.2 Å². The molecule has 1 aromatic heterocycles. The monoisotopic (exact) mass is 186 g/mol. The van der Waals surface area contributed by atoms with Gasteiger partial charge in [0.25, 0.3) is 5.91 Å². The van der Waals surface area contributed by atoms with Crippen LogP contribution in [0, 0.1) is 6.92 Å². The number of hydrogen-bond donors (Lipinski definition) is 2. The highest BCUT2D eigenvalue weighted by Crippen LogP contribution is 2.17. The average molecular weight is 186 g/mol. The molecule has 0 aliphatic carbocycles. The Balaban J connectivity index is 2.92. The molecule has 0 spiro atoms. The molecule has 1 rings (SSSR count). The van der Waals surface area contributed by atoms with Crippen LogP contribution in [0.3, 0.4) is 0 Å². The summed E-state index contributed by atoms with van der Waals surface area (Å²) in [6.45, 7) is 1.87. The Labute approximate surface area is 74.0 Å². The smallest absolute Gasteiger partial charge is 0.277 e. The molecule has 0 saturated carbocycles. The number of rotatable bonds is 3. The molecule has 4 nitrogen and oxygen atoms in total. The van der Waals surface area contributed by atoms with Crippen molar-refractivity contribution >= 4 is 17.2 Å². The number of nitrogens with zero attached hydrogens (tertiary/aromatic N) is 1. The number of carbonyl (C=O) groups is 1. The van der Waals surface area contributed by atoms with Gasteiger partial charge in [0.15, 0.2) is 5.01 Å². The van der Waals surface area contributed by atoms with Crippen LogP contribution in [0.5, 0.6) is 0 Å². The summed E-state index contributed by atoms with van der Waals surface area (Å²) in [5.74, 6) is -0.507. The van der Waals surface area contributed by atoms with Crippen LogP contribution in [0.1, 0.15) is 20.4 Å². The van der Waals surface area contributed by atoms with Crippen molar-refractivity contribution in [1.29, 1.82) is 0 Å². The molecule has 1 aromatic rings. The highest BCUT2D eigenvalue weighted by Gasteiger charge is 2.10. The first kappa shape index (κ1) is 9.15. The van der Waals surface area contributed by atoms with Gasteiger partial charge >= 0.3 is 0 Å². The van der Waals surface area contributed by atoms with E-state index in [-0.39, 0.29) is 6.61 Å². The van der Waals surface area contributed by atoms with Crippen LogP contribution in [-0.2, 0) is 6.42 Å². The molecule has 0 bridgehead atoms. The molecule has 5 heteroatoms. The van der Waals surface area contributed by atoms with Crippen molar-refractivity contribution in [1.82, 2.24) is 4.98 Å². The number of aryl methyl sites for hydroxylation is 1. The minimum atomic E-state index is -0.507. The zero-order valence-corrected chi connectivity index (χ0v) is 7.52. The summed E-state index contributed by atoms with van der Waals surface area (Å²) < 4.78 is 0. The van der Waals surface area contributed by atoms with Crippen molar-refractivity contribution in [2.24, 2.45) is 5.73 Å². The summed E-state index contributed by atoms with van der Waals surface area (Å²) in [6, 6.07) is 0. The number of carbonyl (C=O) groups excluding carboxylic acids is 1. The molecule has 0 radical (unpaired) electrons. The Morgan fingerprint density at radius 3 is 2.83 bits per heavy atom. The molecule has 1 amide bonds. The van der Waals surface area contributed by atoms with Gasteiger partial charge in [0.05, 0.1) is 5.69 Å². The first-order valence-corrected chi connectivity index (χ1v) is 4.33. The van der Waals surface area contributed by atoms with E-state index in [1.165, 1.54) is 11.3 Å². The second-order valence-corrected chi connectivity index (χ2v) is 3.45. The van der Waals surface area contributed by atoms with Gasteiger partial charge < -0.3 is 10.8 Å². The molecule has 0 fully saturated rings. The molecular weight excluding hydrogens is 176 g/mol. The van der Waals surface area contributed by atoms with Crippen molar-refractivity contribution < 1.29 is 9.90 Å². The molecule has 0 aliphatic rings. The van der Waals surface area contributed by atoms with E-state index >= 15 is 0 Å². The van der Waals surface area contributed by atoms with E-state index in [2.05, 4.69) is 4.98 Å². The van der Waals surface area contributed by atoms with Crippen molar-refractivity contribution in [3.8, 4) is 0 Å². The Morgan fingerprint density at radius 1 is 1.75 bits per heavy atom. The third-order valence-corrected chi connectivity index (χ3v) is 2.67. The highest BCUT2D eigenvalue weighted by atomic mass is 32.1. The zero-order valence-electron chi connectivity index (χ0n) is 6.70. The fourth-order valence-electron chi connectivity index (χ4n) is 0.867. The largest absolute Gasteiger partial charge is 0.396 e. The summed E-state index contributed by atoms with van der Waals surface area (Å²) in [5.41, 5.74) is 5.82. The summed E-state index contributed by atoms with van der Waals surface area (Å²) in [5, 5.41) is 8.97. The third-order valence-electron chi connectivity index (χ3n) is 1.44. The summed E-state index contributed by atoms with van der Waals surface area (Å²) in [6.07, 6.45) is 0.538. The van der Waals surface area contributed by atoms with Gasteiger partial charge in [-0.2, -0.15) is 0 Å². The predicted molar refractivity (Wildman–Crippen MR) is 46.2 cm³/mol. The number of thiazole rings is 1. The Bertz CT molecular complexity index is 296. The van der Waals surface area contributed by atoms with Gasteiger partial charge in [-0.3, -0.25) is 4.79 Å². The molecule has 0 unspecified atom stereocenters. The van der Waals surface area contributed by atoms with E-state index in [9.17, 15) is 4.79 Å². The van der Waals surface area contributed by atoms with E-state index in [1.54, 1.807) is 6.92 Å². The molecule has 0 aliphatic heterocycles. The maximum absolute atomic E-state index is 10.7. The molecule has 0 aromatic carbocycles. The Kier molecular flexibility index (Phi) is 2.78. The molecule has 12 heavy (non-hydrogen) atoms. The minimum absolute atomic E-state index is 0.0707. The van der Waals surface area contributed by atoms with Gasteiger partial charge in [-0.05, 0) is 6.92 Å². The van der Waals surface area contributed by atoms with Gasteiger partial charge in [-0.15, -0.1) is 11.3 Å². The third kappa shape index (κ3) is 1.80. The SMILES string of the molecule is Cc1nc(C(N)=O)sc1CCO. The van der Waals surface area contributed by atoms with Crippen molar-refractivity contribution in [2.75, 3.05) is 6.61 Å². The van der Waals surface area contributed by atoms with Crippen LogP contribution < -0.4 is 5.73 Å².